The summed E-state index contributed by atoms with van der Waals surface area (Å²) in [5, 5.41) is 8.55. The number of ketones is 1. The molecule has 0 amide bonds. The predicted octanol–water partition coefficient (Wildman–Crippen LogP) is 2.11. The van der Waals surface area contributed by atoms with Crippen LogP contribution >= 0.6 is 11.6 Å². The smallest absolute Gasteiger partial charge is 0.177 e. The van der Waals surface area contributed by atoms with Crippen LogP contribution in [0.2, 0.25) is 0 Å². The summed E-state index contributed by atoms with van der Waals surface area (Å²) in [7, 11) is 0. The predicted molar refractivity (Wildman–Crippen MR) is 57.6 cm³/mol. The number of rotatable bonds is 4. The quantitative estimate of drug-likeness (QED) is 0.611. The van der Waals surface area contributed by atoms with Gasteiger partial charge in [-0.05, 0) is 5.56 Å². The number of halogens is 1. The van der Waals surface area contributed by atoms with Gasteiger partial charge in [-0.1, -0.05) is 36.4 Å². The summed E-state index contributed by atoms with van der Waals surface area (Å²) in [6, 6.07) is 7.07. The summed E-state index contributed by atoms with van der Waals surface area (Å²) in [6.07, 6.45) is 3.42. The Morgan fingerprint density at radius 1 is 1.36 bits per heavy atom. The molecule has 1 aromatic carbocycles. The van der Waals surface area contributed by atoms with Crippen LogP contribution in [0, 0.1) is 0 Å². The Bertz CT molecular complexity index is 328. The summed E-state index contributed by atoms with van der Waals surface area (Å²) in [5.41, 5.74) is 1.56. The van der Waals surface area contributed by atoms with E-state index >= 15 is 0 Å². The number of aliphatic hydroxyl groups excluding tert-OH is 1. The minimum absolute atomic E-state index is 0.00578. The minimum atomic E-state index is -0.0793. The second-order valence-corrected chi connectivity index (χ2v) is 3.03. The molecule has 1 rings (SSSR count). The molecule has 0 unspecified atom stereocenters. The number of Topliss-reactive ketones (excluding diaryl/α,β-unsaturated/α-hetero) is 1. The Kier molecular flexibility index (Phi) is 4.36. The standard InChI is InChI=1S/C11H11ClO2/c12-8-11(14)10-5-3-9(4-6-10)2-1-7-13/h1-6,13H,7-8H2. The fourth-order valence-electron chi connectivity index (χ4n) is 1.05. The van der Waals surface area contributed by atoms with Crippen LogP contribution in [0.3, 0.4) is 0 Å². The molecular formula is C11H11ClO2. The topological polar surface area (TPSA) is 37.3 Å². The van der Waals surface area contributed by atoms with Gasteiger partial charge in [0.05, 0.1) is 12.5 Å². The highest BCUT2D eigenvalue weighted by Crippen LogP contribution is 2.07. The van der Waals surface area contributed by atoms with E-state index in [-0.39, 0.29) is 18.3 Å². The lowest BCUT2D eigenvalue weighted by atomic mass is 10.1. The van der Waals surface area contributed by atoms with Gasteiger partial charge in [0.2, 0.25) is 0 Å². The molecule has 1 N–H and O–H groups in total. The van der Waals surface area contributed by atoms with Gasteiger partial charge in [0.25, 0.3) is 0 Å². The molecule has 0 heterocycles. The number of hydrogen-bond acceptors (Lipinski definition) is 2. The fraction of sp³-hybridized carbons (Fsp3) is 0.182. The third-order valence-corrected chi connectivity index (χ3v) is 2.01. The molecule has 0 saturated heterocycles. The van der Waals surface area contributed by atoms with Crippen LogP contribution in [0.5, 0.6) is 0 Å². The van der Waals surface area contributed by atoms with Crippen molar-refractivity contribution in [1.29, 1.82) is 0 Å². The zero-order valence-electron chi connectivity index (χ0n) is 7.61. The van der Waals surface area contributed by atoms with Gasteiger partial charge >= 0.3 is 0 Å². The van der Waals surface area contributed by atoms with E-state index < -0.39 is 0 Å². The zero-order valence-corrected chi connectivity index (χ0v) is 8.37. The van der Waals surface area contributed by atoms with E-state index in [1.807, 2.05) is 12.1 Å². The van der Waals surface area contributed by atoms with Crippen LogP contribution in [0.15, 0.2) is 30.3 Å². The molecule has 2 nitrogen and oxygen atoms in total. The molecule has 0 fully saturated rings. The lowest BCUT2D eigenvalue weighted by molar-refractivity contribution is 0.102. The molecule has 0 spiro atoms. The molecule has 0 saturated carbocycles. The van der Waals surface area contributed by atoms with Gasteiger partial charge in [0.1, 0.15) is 0 Å². The van der Waals surface area contributed by atoms with Crippen molar-refractivity contribution in [3.05, 3.63) is 41.5 Å². The van der Waals surface area contributed by atoms with Crippen molar-refractivity contribution in [1.82, 2.24) is 0 Å². The van der Waals surface area contributed by atoms with E-state index in [1.54, 1.807) is 24.3 Å². The van der Waals surface area contributed by atoms with E-state index in [9.17, 15) is 4.79 Å². The average molecular weight is 211 g/mol. The highest BCUT2D eigenvalue weighted by molar-refractivity contribution is 6.30. The van der Waals surface area contributed by atoms with Gasteiger partial charge in [0.15, 0.2) is 5.78 Å². The first-order valence-corrected chi connectivity index (χ1v) is 4.78. The second-order valence-electron chi connectivity index (χ2n) is 2.76. The number of benzene rings is 1. The summed E-state index contributed by atoms with van der Waals surface area (Å²) in [6.45, 7) is 0.0162. The molecule has 0 atom stereocenters. The van der Waals surface area contributed by atoms with Crippen LogP contribution < -0.4 is 0 Å². The van der Waals surface area contributed by atoms with Crippen LogP contribution in [-0.2, 0) is 0 Å². The van der Waals surface area contributed by atoms with Crippen molar-refractivity contribution in [2.45, 2.75) is 0 Å². The van der Waals surface area contributed by atoms with Crippen LogP contribution in [-0.4, -0.2) is 23.4 Å². The molecule has 74 valence electrons. The van der Waals surface area contributed by atoms with Crippen LogP contribution in [0.1, 0.15) is 15.9 Å². The molecule has 0 aliphatic rings. The van der Waals surface area contributed by atoms with Crippen molar-refractivity contribution >= 4 is 23.5 Å². The molecular weight excluding hydrogens is 200 g/mol. The van der Waals surface area contributed by atoms with Crippen molar-refractivity contribution in [2.75, 3.05) is 12.5 Å². The maximum Gasteiger partial charge on any atom is 0.177 e. The van der Waals surface area contributed by atoms with Crippen molar-refractivity contribution in [3.63, 3.8) is 0 Å². The third kappa shape index (κ3) is 2.98. The second kappa shape index (κ2) is 5.58. The van der Waals surface area contributed by atoms with Crippen molar-refractivity contribution in [3.8, 4) is 0 Å². The number of carbonyl (C=O) groups excluding carboxylic acids is 1. The van der Waals surface area contributed by atoms with E-state index in [0.29, 0.717) is 5.56 Å². The molecule has 0 bridgehead atoms. The lowest BCUT2D eigenvalue weighted by Crippen LogP contribution is -1.99. The SMILES string of the molecule is O=C(CCl)c1ccc(C=CCO)cc1. The number of hydrogen-bond donors (Lipinski definition) is 1. The first-order chi connectivity index (χ1) is 6.77. The molecule has 0 radical (unpaired) electrons. The van der Waals surface area contributed by atoms with Crippen LogP contribution in [0.4, 0.5) is 0 Å². The van der Waals surface area contributed by atoms with Gasteiger partial charge in [-0.3, -0.25) is 4.79 Å². The highest BCUT2D eigenvalue weighted by Gasteiger charge is 2.01. The first kappa shape index (κ1) is 11.0. The maximum atomic E-state index is 11.1. The molecule has 0 aliphatic carbocycles. The zero-order chi connectivity index (χ0) is 10.4. The lowest BCUT2D eigenvalue weighted by Gasteiger charge is -1.97. The third-order valence-electron chi connectivity index (χ3n) is 1.77. The molecule has 0 aliphatic heterocycles. The Labute approximate surface area is 87.8 Å². The Hall–Kier alpha value is -1.12. The van der Waals surface area contributed by atoms with Crippen molar-refractivity contribution in [2.24, 2.45) is 0 Å². The van der Waals surface area contributed by atoms with Crippen molar-refractivity contribution < 1.29 is 9.90 Å². The van der Waals surface area contributed by atoms with E-state index in [0.717, 1.165) is 5.56 Å². The molecule has 14 heavy (non-hydrogen) atoms. The summed E-state index contributed by atoms with van der Waals surface area (Å²) < 4.78 is 0. The van der Waals surface area contributed by atoms with Gasteiger partial charge in [-0.15, -0.1) is 11.6 Å². The monoisotopic (exact) mass is 210 g/mol. The van der Waals surface area contributed by atoms with Crippen LogP contribution in [0.25, 0.3) is 6.08 Å². The molecule has 3 heteroatoms. The normalized spacial score (nSPS) is 10.7. The first-order valence-electron chi connectivity index (χ1n) is 4.24. The summed E-state index contributed by atoms with van der Waals surface area (Å²) in [4.78, 5) is 11.1. The largest absolute Gasteiger partial charge is 0.392 e. The average Bonchev–Trinajstić information content (AvgIpc) is 2.26. The fourth-order valence-corrected chi connectivity index (χ4v) is 1.20. The summed E-state index contributed by atoms with van der Waals surface area (Å²) >= 11 is 5.41. The molecule has 1 aromatic rings. The van der Waals surface area contributed by atoms with E-state index in [4.69, 9.17) is 16.7 Å². The number of aliphatic hydroxyl groups is 1. The summed E-state index contributed by atoms with van der Waals surface area (Å²) in [5.74, 6) is -0.0735. The molecule has 0 aromatic heterocycles. The van der Waals surface area contributed by atoms with E-state index in [2.05, 4.69) is 0 Å². The Morgan fingerprint density at radius 2 is 2.00 bits per heavy atom. The maximum absolute atomic E-state index is 11.1. The minimum Gasteiger partial charge on any atom is -0.392 e. The van der Waals surface area contributed by atoms with Gasteiger partial charge in [0, 0.05) is 5.56 Å². The Balaban J connectivity index is 2.78. The van der Waals surface area contributed by atoms with Gasteiger partial charge in [-0.2, -0.15) is 0 Å². The van der Waals surface area contributed by atoms with Gasteiger partial charge < -0.3 is 5.11 Å². The van der Waals surface area contributed by atoms with Gasteiger partial charge in [-0.25, -0.2) is 0 Å². The van der Waals surface area contributed by atoms with E-state index in [1.165, 1.54) is 0 Å². The highest BCUT2D eigenvalue weighted by atomic mass is 35.5. The number of carbonyl (C=O) groups is 1. The Morgan fingerprint density at radius 3 is 2.50 bits per heavy atom. The number of alkyl halides is 1.